The standard InChI is InChI=1S/C13H18F3N3O2S/c1-2-3-9-8-22-10(17-9)18-11(20)19-6-4-12(21,5-7-19)13(14,15)16/h8,21H,2-7H2,1H3,(H,17,18,20). The minimum atomic E-state index is -4.67. The van der Waals surface area contributed by atoms with Gasteiger partial charge in [0.15, 0.2) is 10.7 Å². The first-order valence-electron chi connectivity index (χ1n) is 7.04. The number of halogens is 3. The van der Waals surface area contributed by atoms with E-state index in [9.17, 15) is 23.1 Å². The lowest BCUT2D eigenvalue weighted by Gasteiger charge is -2.38. The Morgan fingerprint density at radius 3 is 2.68 bits per heavy atom. The largest absolute Gasteiger partial charge is 0.417 e. The number of carbonyl (C=O) groups excluding carboxylic acids is 1. The van der Waals surface area contributed by atoms with Crippen LogP contribution in [0.25, 0.3) is 0 Å². The van der Waals surface area contributed by atoms with Gasteiger partial charge in [0.25, 0.3) is 0 Å². The molecule has 0 unspecified atom stereocenters. The number of amides is 2. The van der Waals surface area contributed by atoms with Crippen LogP contribution in [-0.2, 0) is 6.42 Å². The molecule has 0 spiro atoms. The number of anilines is 1. The number of carbonyl (C=O) groups is 1. The van der Waals surface area contributed by atoms with Gasteiger partial charge in [0.1, 0.15) is 0 Å². The normalized spacial score (nSPS) is 18.3. The third-order valence-corrected chi connectivity index (χ3v) is 4.48. The molecule has 1 aromatic heterocycles. The van der Waals surface area contributed by atoms with Crippen LogP contribution in [0.3, 0.4) is 0 Å². The highest BCUT2D eigenvalue weighted by atomic mass is 32.1. The first kappa shape index (κ1) is 17.0. The average Bonchev–Trinajstić information content (AvgIpc) is 2.86. The predicted octanol–water partition coefficient (Wildman–Crippen LogP) is 3.02. The molecule has 0 atom stereocenters. The van der Waals surface area contributed by atoms with Crippen molar-refractivity contribution in [2.24, 2.45) is 0 Å². The van der Waals surface area contributed by atoms with Gasteiger partial charge in [-0.3, -0.25) is 5.32 Å². The molecule has 0 aliphatic carbocycles. The minimum Gasteiger partial charge on any atom is -0.380 e. The van der Waals surface area contributed by atoms with Crippen LogP contribution in [0, 0.1) is 0 Å². The molecule has 5 nitrogen and oxygen atoms in total. The van der Waals surface area contributed by atoms with Crippen LogP contribution in [0.4, 0.5) is 23.1 Å². The highest BCUT2D eigenvalue weighted by molar-refractivity contribution is 7.13. The first-order chi connectivity index (χ1) is 10.2. The Morgan fingerprint density at radius 1 is 1.50 bits per heavy atom. The van der Waals surface area contributed by atoms with Crippen LogP contribution in [0.1, 0.15) is 31.9 Å². The quantitative estimate of drug-likeness (QED) is 0.891. The molecule has 1 aromatic rings. The Kier molecular flexibility index (Phi) is 4.96. The molecule has 2 amide bonds. The van der Waals surface area contributed by atoms with Gasteiger partial charge in [-0.2, -0.15) is 13.2 Å². The number of aliphatic hydroxyl groups is 1. The smallest absolute Gasteiger partial charge is 0.380 e. The first-order valence-corrected chi connectivity index (χ1v) is 7.92. The van der Waals surface area contributed by atoms with Crippen LogP contribution in [0.15, 0.2) is 5.38 Å². The highest BCUT2D eigenvalue weighted by Crippen LogP contribution is 2.38. The number of aryl methyl sites for hydroxylation is 1. The molecule has 1 saturated heterocycles. The molecule has 0 aromatic carbocycles. The maximum absolute atomic E-state index is 12.7. The van der Waals surface area contributed by atoms with Crippen molar-refractivity contribution < 1.29 is 23.1 Å². The van der Waals surface area contributed by atoms with Crippen molar-refractivity contribution in [2.45, 2.75) is 44.4 Å². The van der Waals surface area contributed by atoms with Crippen LogP contribution < -0.4 is 5.32 Å². The molecule has 22 heavy (non-hydrogen) atoms. The van der Waals surface area contributed by atoms with Gasteiger partial charge in [0.2, 0.25) is 0 Å². The maximum Gasteiger partial charge on any atom is 0.417 e. The van der Waals surface area contributed by atoms with Gasteiger partial charge in [0, 0.05) is 31.3 Å². The molecule has 1 fully saturated rings. The second-order valence-corrected chi connectivity index (χ2v) is 6.20. The summed E-state index contributed by atoms with van der Waals surface area (Å²) in [6, 6.07) is -0.485. The lowest BCUT2D eigenvalue weighted by molar-refractivity contribution is -0.271. The average molecular weight is 337 g/mol. The lowest BCUT2D eigenvalue weighted by Crippen LogP contribution is -2.55. The molecule has 9 heteroatoms. The summed E-state index contributed by atoms with van der Waals surface area (Å²) in [5, 5.41) is 14.4. The van der Waals surface area contributed by atoms with Crippen molar-refractivity contribution in [3.05, 3.63) is 11.1 Å². The number of thiazole rings is 1. The molecule has 0 radical (unpaired) electrons. The highest BCUT2D eigenvalue weighted by Gasteiger charge is 2.54. The molecule has 0 bridgehead atoms. The van der Waals surface area contributed by atoms with Crippen molar-refractivity contribution in [3.8, 4) is 0 Å². The summed E-state index contributed by atoms with van der Waals surface area (Å²) in [5.41, 5.74) is -1.81. The van der Waals surface area contributed by atoms with Gasteiger partial charge >= 0.3 is 12.2 Å². The summed E-state index contributed by atoms with van der Waals surface area (Å²) < 4.78 is 38.1. The Bertz CT molecular complexity index is 525. The van der Waals surface area contributed by atoms with Crippen molar-refractivity contribution in [1.29, 1.82) is 0 Å². The number of nitrogens with zero attached hydrogens (tertiary/aromatic N) is 2. The van der Waals surface area contributed by atoms with Gasteiger partial charge in [-0.15, -0.1) is 11.3 Å². The Hall–Kier alpha value is -1.35. The molecule has 2 N–H and O–H groups in total. The van der Waals surface area contributed by atoms with Crippen molar-refractivity contribution in [2.75, 3.05) is 18.4 Å². The Morgan fingerprint density at radius 2 is 2.14 bits per heavy atom. The van der Waals surface area contributed by atoms with Crippen LogP contribution in [-0.4, -0.2) is 45.9 Å². The molecule has 1 aliphatic rings. The minimum absolute atomic E-state index is 0.144. The van der Waals surface area contributed by atoms with E-state index in [2.05, 4.69) is 10.3 Å². The second-order valence-electron chi connectivity index (χ2n) is 5.34. The van der Waals surface area contributed by atoms with E-state index in [4.69, 9.17) is 0 Å². The molecular weight excluding hydrogens is 319 g/mol. The van der Waals surface area contributed by atoms with E-state index >= 15 is 0 Å². The molecule has 2 rings (SSSR count). The SMILES string of the molecule is CCCc1csc(NC(=O)N2CCC(O)(C(F)(F)F)CC2)n1. The zero-order valence-corrected chi connectivity index (χ0v) is 12.9. The van der Waals surface area contributed by atoms with Crippen LogP contribution >= 0.6 is 11.3 Å². The van der Waals surface area contributed by atoms with Gasteiger partial charge in [0.05, 0.1) is 5.69 Å². The van der Waals surface area contributed by atoms with Crippen molar-refractivity contribution in [1.82, 2.24) is 9.88 Å². The summed E-state index contributed by atoms with van der Waals surface area (Å²) in [4.78, 5) is 17.5. The number of nitrogens with one attached hydrogen (secondary N) is 1. The van der Waals surface area contributed by atoms with Gasteiger partial charge < -0.3 is 10.0 Å². The van der Waals surface area contributed by atoms with E-state index in [1.54, 1.807) is 0 Å². The Labute approximate surface area is 130 Å². The number of hydrogen-bond donors (Lipinski definition) is 2. The predicted molar refractivity (Wildman–Crippen MR) is 76.9 cm³/mol. The number of piperidine rings is 1. The van der Waals surface area contributed by atoms with E-state index in [1.807, 2.05) is 12.3 Å². The lowest BCUT2D eigenvalue weighted by atomic mass is 9.91. The zero-order valence-electron chi connectivity index (χ0n) is 12.1. The molecule has 0 saturated carbocycles. The summed E-state index contributed by atoms with van der Waals surface area (Å²) in [6.07, 6.45) is -3.93. The third kappa shape index (κ3) is 3.70. The maximum atomic E-state index is 12.7. The number of alkyl halides is 3. The van der Waals surface area contributed by atoms with Gasteiger partial charge in [-0.25, -0.2) is 9.78 Å². The fourth-order valence-electron chi connectivity index (χ4n) is 2.27. The van der Waals surface area contributed by atoms with Crippen LogP contribution in [0.2, 0.25) is 0 Å². The molecule has 2 heterocycles. The van der Waals surface area contributed by atoms with Gasteiger partial charge in [-0.05, 0) is 6.42 Å². The molecular formula is C13H18F3N3O2S. The third-order valence-electron chi connectivity index (χ3n) is 3.68. The summed E-state index contributed by atoms with van der Waals surface area (Å²) in [5.74, 6) is 0. The topological polar surface area (TPSA) is 65.5 Å². The van der Waals surface area contributed by atoms with E-state index < -0.39 is 30.7 Å². The van der Waals surface area contributed by atoms with E-state index in [1.165, 1.54) is 16.2 Å². The van der Waals surface area contributed by atoms with Crippen molar-refractivity contribution >= 4 is 22.5 Å². The van der Waals surface area contributed by atoms with E-state index in [-0.39, 0.29) is 13.1 Å². The molecule has 124 valence electrons. The summed E-state index contributed by atoms with van der Waals surface area (Å²) in [6.45, 7) is 1.73. The Balaban J connectivity index is 1.89. The summed E-state index contributed by atoms with van der Waals surface area (Å²) in [7, 11) is 0. The van der Waals surface area contributed by atoms with Crippen LogP contribution in [0.5, 0.6) is 0 Å². The number of aromatic nitrogens is 1. The summed E-state index contributed by atoms with van der Waals surface area (Å²) >= 11 is 1.29. The van der Waals surface area contributed by atoms with Gasteiger partial charge in [-0.1, -0.05) is 13.3 Å². The monoisotopic (exact) mass is 337 g/mol. The fourth-order valence-corrected chi connectivity index (χ4v) is 3.00. The van der Waals surface area contributed by atoms with Crippen molar-refractivity contribution in [3.63, 3.8) is 0 Å². The number of rotatable bonds is 3. The zero-order chi connectivity index (χ0) is 16.4. The number of urea groups is 1. The van der Waals surface area contributed by atoms with E-state index in [0.717, 1.165) is 18.5 Å². The number of hydrogen-bond acceptors (Lipinski definition) is 4. The fraction of sp³-hybridized carbons (Fsp3) is 0.692. The van der Waals surface area contributed by atoms with E-state index in [0.29, 0.717) is 5.13 Å². The second kappa shape index (κ2) is 6.41. The number of likely N-dealkylation sites (tertiary alicyclic amines) is 1. The molecule has 1 aliphatic heterocycles.